The Kier molecular flexibility index (Phi) is 7.70. The van der Waals surface area contributed by atoms with Crippen LogP contribution in [0.2, 0.25) is 0 Å². The summed E-state index contributed by atoms with van der Waals surface area (Å²) >= 11 is 1.10. The molecule has 36 heavy (non-hydrogen) atoms. The van der Waals surface area contributed by atoms with Crippen LogP contribution in [-0.4, -0.2) is 58.3 Å². The van der Waals surface area contributed by atoms with Gasteiger partial charge in [-0.1, -0.05) is 56.4 Å². The molecule has 3 heterocycles. The lowest BCUT2D eigenvalue weighted by atomic mass is 9.99. The summed E-state index contributed by atoms with van der Waals surface area (Å²) in [5.41, 5.74) is 2.32. The molecule has 2 atom stereocenters. The van der Waals surface area contributed by atoms with Crippen LogP contribution in [0.4, 0.5) is 5.13 Å². The van der Waals surface area contributed by atoms with Gasteiger partial charge in [0.2, 0.25) is 11.8 Å². The molecule has 1 saturated heterocycles. The van der Waals surface area contributed by atoms with Gasteiger partial charge in [0, 0.05) is 32.1 Å². The SMILES string of the molecule is Cc1nc(NC(=O)C(C)C)sc1C(=O)NCC(C)C(=O)N[C@@H]1C(=O)N2CCCN2Cc2ccccc21. The van der Waals surface area contributed by atoms with Crippen LogP contribution in [0.1, 0.15) is 59.7 Å². The predicted molar refractivity (Wildman–Crippen MR) is 136 cm³/mol. The molecule has 4 amide bonds. The molecule has 0 bridgehead atoms. The molecule has 1 aromatic heterocycles. The number of benzene rings is 1. The van der Waals surface area contributed by atoms with E-state index in [2.05, 4.69) is 20.9 Å². The second-order valence-corrected chi connectivity index (χ2v) is 10.5. The molecule has 3 N–H and O–H groups in total. The summed E-state index contributed by atoms with van der Waals surface area (Å²) in [5, 5.41) is 12.5. The number of fused-ring (bicyclic) bond motifs is 2. The fourth-order valence-corrected chi connectivity index (χ4v) is 5.16. The van der Waals surface area contributed by atoms with Crippen molar-refractivity contribution < 1.29 is 19.2 Å². The maximum atomic E-state index is 13.3. The highest BCUT2D eigenvalue weighted by Crippen LogP contribution is 2.30. The van der Waals surface area contributed by atoms with Gasteiger partial charge in [-0.3, -0.25) is 24.2 Å². The molecule has 11 heteroatoms. The third-order valence-corrected chi connectivity index (χ3v) is 7.48. The third-order valence-electron chi connectivity index (χ3n) is 6.41. The standard InChI is InChI=1S/C25H32N6O4S/c1-14(2)21(32)29-25-27-16(4)20(36-25)23(34)26-12-15(3)22(33)28-19-18-9-6-5-8-17(18)13-30-10-7-11-31(30)24(19)35/h5-6,8-9,14-15,19H,7,10-13H2,1-4H3,(H,26,34)(H,28,33)(H,27,29,32)/t15?,19-/m0/s1. The van der Waals surface area contributed by atoms with Crippen molar-refractivity contribution in [3.63, 3.8) is 0 Å². The van der Waals surface area contributed by atoms with Crippen molar-refractivity contribution in [2.45, 2.75) is 46.7 Å². The van der Waals surface area contributed by atoms with Gasteiger partial charge in [0.05, 0.1) is 11.6 Å². The highest BCUT2D eigenvalue weighted by Gasteiger charge is 2.38. The maximum Gasteiger partial charge on any atom is 0.264 e. The molecule has 1 fully saturated rings. The van der Waals surface area contributed by atoms with Gasteiger partial charge in [0.1, 0.15) is 10.9 Å². The maximum absolute atomic E-state index is 13.3. The van der Waals surface area contributed by atoms with Crippen LogP contribution < -0.4 is 16.0 Å². The normalized spacial score (nSPS) is 18.3. The summed E-state index contributed by atoms with van der Waals surface area (Å²) in [4.78, 5) is 55.7. The molecule has 0 spiro atoms. The Morgan fingerprint density at radius 1 is 1.14 bits per heavy atom. The highest BCUT2D eigenvalue weighted by molar-refractivity contribution is 7.17. The summed E-state index contributed by atoms with van der Waals surface area (Å²) in [6, 6.07) is 6.91. The van der Waals surface area contributed by atoms with Crippen LogP contribution in [0, 0.1) is 18.8 Å². The number of carbonyl (C=O) groups is 4. The Labute approximate surface area is 214 Å². The molecule has 0 radical (unpaired) electrons. The van der Waals surface area contributed by atoms with Gasteiger partial charge in [0.25, 0.3) is 11.8 Å². The fraction of sp³-hybridized carbons (Fsp3) is 0.480. The summed E-state index contributed by atoms with van der Waals surface area (Å²) in [7, 11) is 0. The molecule has 1 aromatic carbocycles. The van der Waals surface area contributed by atoms with E-state index in [9.17, 15) is 19.2 Å². The van der Waals surface area contributed by atoms with E-state index in [0.717, 1.165) is 35.4 Å². The van der Waals surface area contributed by atoms with Crippen molar-refractivity contribution in [3.05, 3.63) is 46.0 Å². The minimum absolute atomic E-state index is 0.0914. The topological polar surface area (TPSA) is 124 Å². The first-order valence-corrected chi connectivity index (χ1v) is 13.0. The van der Waals surface area contributed by atoms with E-state index in [1.54, 1.807) is 32.7 Å². The van der Waals surface area contributed by atoms with Crippen LogP contribution in [0.15, 0.2) is 24.3 Å². The van der Waals surface area contributed by atoms with Gasteiger partial charge in [-0.25, -0.2) is 9.99 Å². The molecule has 0 aliphatic carbocycles. The number of rotatable bonds is 7. The second kappa shape index (κ2) is 10.8. The molecule has 0 saturated carbocycles. The number of hydrogen-bond acceptors (Lipinski definition) is 7. The van der Waals surface area contributed by atoms with E-state index in [4.69, 9.17) is 0 Å². The van der Waals surface area contributed by atoms with E-state index >= 15 is 0 Å². The molecule has 4 rings (SSSR count). The number of aromatic nitrogens is 1. The molecule has 1 unspecified atom stereocenters. The minimum atomic E-state index is -0.772. The largest absolute Gasteiger partial charge is 0.350 e. The first-order chi connectivity index (χ1) is 17.2. The van der Waals surface area contributed by atoms with Gasteiger partial charge in [0.15, 0.2) is 5.13 Å². The number of nitrogens with one attached hydrogen (secondary N) is 3. The molecule has 2 aliphatic rings. The number of carbonyl (C=O) groups excluding carboxylic acids is 4. The number of thiazole rings is 1. The zero-order chi connectivity index (χ0) is 26.0. The van der Waals surface area contributed by atoms with Crippen LogP contribution in [0.3, 0.4) is 0 Å². The molecule has 2 aliphatic heterocycles. The number of anilines is 1. The van der Waals surface area contributed by atoms with Gasteiger partial charge in [-0.05, 0) is 24.5 Å². The average molecular weight is 513 g/mol. The monoisotopic (exact) mass is 512 g/mol. The van der Waals surface area contributed by atoms with Crippen LogP contribution in [-0.2, 0) is 20.9 Å². The van der Waals surface area contributed by atoms with Crippen molar-refractivity contribution in [2.75, 3.05) is 25.0 Å². The van der Waals surface area contributed by atoms with E-state index in [1.165, 1.54) is 0 Å². The van der Waals surface area contributed by atoms with Crippen LogP contribution in [0.5, 0.6) is 0 Å². The van der Waals surface area contributed by atoms with Gasteiger partial charge >= 0.3 is 0 Å². The first-order valence-electron chi connectivity index (χ1n) is 12.2. The van der Waals surface area contributed by atoms with E-state index < -0.39 is 12.0 Å². The second-order valence-electron chi connectivity index (χ2n) is 9.53. The first kappa shape index (κ1) is 25.8. The van der Waals surface area contributed by atoms with E-state index in [1.807, 2.05) is 29.3 Å². The zero-order valence-corrected chi connectivity index (χ0v) is 21.8. The lowest BCUT2D eigenvalue weighted by molar-refractivity contribution is -0.148. The minimum Gasteiger partial charge on any atom is -0.350 e. The number of hydrazine groups is 1. The molecule has 192 valence electrons. The van der Waals surface area contributed by atoms with Crippen LogP contribution in [0.25, 0.3) is 0 Å². The average Bonchev–Trinajstić information content (AvgIpc) is 3.44. The third kappa shape index (κ3) is 5.41. The quantitative estimate of drug-likeness (QED) is 0.523. The lowest BCUT2D eigenvalue weighted by Gasteiger charge is -2.28. The summed E-state index contributed by atoms with van der Waals surface area (Å²) in [6.07, 6.45) is 0.900. The number of nitrogens with zero attached hydrogens (tertiary/aromatic N) is 3. The van der Waals surface area contributed by atoms with Crippen molar-refractivity contribution in [2.24, 2.45) is 11.8 Å². The highest BCUT2D eigenvalue weighted by atomic mass is 32.1. The number of aryl methyl sites for hydroxylation is 1. The van der Waals surface area contributed by atoms with Crippen molar-refractivity contribution in [1.82, 2.24) is 25.6 Å². The number of hydrogen-bond donors (Lipinski definition) is 3. The Morgan fingerprint density at radius 3 is 2.64 bits per heavy atom. The van der Waals surface area contributed by atoms with Crippen molar-refractivity contribution in [3.8, 4) is 0 Å². The summed E-state index contributed by atoms with van der Waals surface area (Å²) < 4.78 is 0. The van der Waals surface area contributed by atoms with Crippen molar-refractivity contribution in [1.29, 1.82) is 0 Å². The lowest BCUT2D eigenvalue weighted by Crippen LogP contribution is -2.47. The van der Waals surface area contributed by atoms with E-state index in [-0.39, 0.29) is 36.1 Å². The Morgan fingerprint density at radius 2 is 1.89 bits per heavy atom. The Balaban J connectivity index is 1.39. The van der Waals surface area contributed by atoms with E-state index in [0.29, 0.717) is 28.8 Å². The molecule has 10 nitrogen and oxygen atoms in total. The molecule has 2 aromatic rings. The zero-order valence-electron chi connectivity index (χ0n) is 21.0. The van der Waals surface area contributed by atoms with Gasteiger partial charge < -0.3 is 16.0 Å². The predicted octanol–water partition coefficient (Wildman–Crippen LogP) is 2.23. The van der Waals surface area contributed by atoms with Crippen LogP contribution >= 0.6 is 11.3 Å². The molecular formula is C25H32N6O4S. The van der Waals surface area contributed by atoms with Gasteiger partial charge in [-0.15, -0.1) is 0 Å². The summed E-state index contributed by atoms with van der Waals surface area (Å²) in [5.74, 6) is -1.77. The number of amides is 4. The van der Waals surface area contributed by atoms with Gasteiger partial charge in [-0.2, -0.15) is 0 Å². The summed E-state index contributed by atoms with van der Waals surface area (Å²) in [6.45, 7) is 9.13. The molecular weight excluding hydrogens is 480 g/mol. The van der Waals surface area contributed by atoms with Crippen molar-refractivity contribution >= 4 is 40.1 Å². The smallest absolute Gasteiger partial charge is 0.264 e. The Hall–Kier alpha value is -3.31. The Bertz CT molecular complexity index is 1180. The fourth-order valence-electron chi connectivity index (χ4n) is 4.27.